The third kappa shape index (κ3) is 3.05. The van der Waals surface area contributed by atoms with Crippen LogP contribution in [-0.2, 0) is 4.74 Å². The maximum atomic E-state index is 13.2. The van der Waals surface area contributed by atoms with E-state index < -0.39 is 11.8 Å². The normalized spacial score (nSPS) is 10.8. The molecule has 3 heterocycles. The highest BCUT2D eigenvalue weighted by molar-refractivity contribution is 6.18. The Morgan fingerprint density at radius 1 is 0.857 bits per heavy atom. The molecule has 0 atom stereocenters. The van der Waals surface area contributed by atoms with Crippen LogP contribution in [-0.4, -0.2) is 18.4 Å². The van der Waals surface area contributed by atoms with Gasteiger partial charge in [-0.3, -0.25) is 4.79 Å². The summed E-state index contributed by atoms with van der Waals surface area (Å²) in [4.78, 5) is 26.0. The predicted molar refractivity (Wildman–Crippen MR) is 99.9 cm³/mol. The Labute approximate surface area is 160 Å². The summed E-state index contributed by atoms with van der Waals surface area (Å²) in [5.41, 5.74) is 0.722. The van der Waals surface area contributed by atoms with Crippen molar-refractivity contribution in [3.05, 3.63) is 84.0 Å². The van der Waals surface area contributed by atoms with Crippen molar-refractivity contribution in [2.75, 3.05) is 6.61 Å². The molecule has 0 N–H and O–H groups in total. The van der Waals surface area contributed by atoms with Gasteiger partial charge in [0.25, 0.3) is 0 Å². The number of rotatable bonds is 6. The van der Waals surface area contributed by atoms with Gasteiger partial charge < -0.3 is 18.0 Å². The number of hydrogen-bond donors (Lipinski definition) is 0. The third-order valence-electron chi connectivity index (χ3n) is 4.14. The lowest BCUT2D eigenvalue weighted by Gasteiger charge is -2.05. The fourth-order valence-corrected chi connectivity index (χ4v) is 2.95. The molecular weight excluding hydrogens is 360 g/mol. The minimum atomic E-state index is -0.655. The summed E-state index contributed by atoms with van der Waals surface area (Å²) in [5.74, 6) is -0.363. The molecule has 4 rings (SSSR count). The zero-order valence-corrected chi connectivity index (χ0v) is 15.0. The van der Waals surface area contributed by atoms with Crippen LogP contribution in [0.1, 0.15) is 33.4 Å². The summed E-state index contributed by atoms with van der Waals surface area (Å²) in [6.45, 7) is 1.85. The Kier molecular flexibility index (Phi) is 4.68. The molecular formula is C22H16O6. The van der Waals surface area contributed by atoms with Crippen molar-refractivity contribution in [1.82, 2.24) is 0 Å². The van der Waals surface area contributed by atoms with Gasteiger partial charge in [-0.15, -0.1) is 0 Å². The first-order valence-electron chi connectivity index (χ1n) is 8.72. The van der Waals surface area contributed by atoms with Gasteiger partial charge in [0.15, 0.2) is 17.3 Å². The number of carbonyl (C=O) groups excluding carboxylic acids is 2. The smallest absolute Gasteiger partial charge is 0.342 e. The van der Waals surface area contributed by atoms with E-state index in [1.54, 1.807) is 37.3 Å². The van der Waals surface area contributed by atoms with Gasteiger partial charge >= 0.3 is 5.97 Å². The molecule has 0 aliphatic carbocycles. The molecule has 6 nitrogen and oxygen atoms in total. The van der Waals surface area contributed by atoms with E-state index in [1.165, 1.54) is 18.6 Å². The van der Waals surface area contributed by atoms with Gasteiger partial charge in [-0.05, 0) is 31.2 Å². The molecule has 0 saturated carbocycles. The molecule has 0 saturated heterocycles. The Morgan fingerprint density at radius 3 is 2.25 bits per heavy atom. The van der Waals surface area contributed by atoms with Gasteiger partial charge in [-0.25, -0.2) is 4.79 Å². The fraction of sp³-hybridized carbons (Fsp3) is 0.0909. The second-order valence-electron chi connectivity index (χ2n) is 5.88. The number of esters is 1. The number of hydrogen-bond acceptors (Lipinski definition) is 6. The second-order valence-corrected chi connectivity index (χ2v) is 5.88. The van der Waals surface area contributed by atoms with E-state index in [-0.39, 0.29) is 35.0 Å². The standard InChI is InChI=1S/C22H16O6/c1-2-25-22(24)18-17(19(23)15-10-6-12-26-15)21(16-11-7-13-27-16)28-20(18)14-8-4-3-5-9-14/h3-13H,2H2,1H3. The van der Waals surface area contributed by atoms with E-state index in [0.29, 0.717) is 11.3 Å². The molecule has 0 aliphatic rings. The summed E-state index contributed by atoms with van der Waals surface area (Å²) in [7, 11) is 0. The van der Waals surface area contributed by atoms with Crippen LogP contribution >= 0.6 is 0 Å². The van der Waals surface area contributed by atoms with Crippen molar-refractivity contribution < 1.29 is 27.6 Å². The molecule has 1 aromatic carbocycles. The molecule has 0 fully saturated rings. The van der Waals surface area contributed by atoms with Gasteiger partial charge in [0.05, 0.1) is 24.7 Å². The van der Waals surface area contributed by atoms with E-state index in [1.807, 2.05) is 18.2 Å². The molecule has 6 heteroatoms. The fourth-order valence-electron chi connectivity index (χ4n) is 2.95. The maximum Gasteiger partial charge on any atom is 0.342 e. The van der Waals surface area contributed by atoms with Crippen molar-refractivity contribution in [3.8, 4) is 22.8 Å². The molecule has 0 aliphatic heterocycles. The maximum absolute atomic E-state index is 13.2. The van der Waals surface area contributed by atoms with E-state index in [9.17, 15) is 9.59 Å². The summed E-state index contributed by atoms with van der Waals surface area (Å²) in [6.07, 6.45) is 2.85. The van der Waals surface area contributed by atoms with Crippen LogP contribution in [0.2, 0.25) is 0 Å². The third-order valence-corrected chi connectivity index (χ3v) is 4.14. The summed E-state index contributed by atoms with van der Waals surface area (Å²) in [5, 5.41) is 0. The summed E-state index contributed by atoms with van der Waals surface area (Å²) in [6, 6.07) is 15.5. The topological polar surface area (TPSA) is 82.8 Å². The van der Waals surface area contributed by atoms with Gasteiger partial charge in [-0.2, -0.15) is 0 Å². The van der Waals surface area contributed by atoms with Gasteiger partial charge in [0.1, 0.15) is 11.3 Å². The minimum Gasteiger partial charge on any atom is -0.462 e. The highest BCUT2D eigenvalue weighted by Crippen LogP contribution is 2.39. The van der Waals surface area contributed by atoms with Crippen LogP contribution < -0.4 is 0 Å². The zero-order valence-electron chi connectivity index (χ0n) is 15.0. The molecule has 4 aromatic rings. The van der Waals surface area contributed by atoms with Crippen LogP contribution in [0.5, 0.6) is 0 Å². The van der Waals surface area contributed by atoms with Crippen molar-refractivity contribution in [1.29, 1.82) is 0 Å². The largest absolute Gasteiger partial charge is 0.462 e. The first-order valence-corrected chi connectivity index (χ1v) is 8.72. The quantitative estimate of drug-likeness (QED) is 0.339. The van der Waals surface area contributed by atoms with Crippen LogP contribution in [0.4, 0.5) is 0 Å². The van der Waals surface area contributed by atoms with E-state index >= 15 is 0 Å². The molecule has 0 spiro atoms. The molecule has 0 bridgehead atoms. The van der Waals surface area contributed by atoms with Gasteiger partial charge in [-0.1, -0.05) is 30.3 Å². The van der Waals surface area contributed by atoms with Crippen LogP contribution in [0.3, 0.4) is 0 Å². The lowest BCUT2D eigenvalue weighted by Crippen LogP contribution is -2.12. The van der Waals surface area contributed by atoms with E-state index in [0.717, 1.165) is 0 Å². The van der Waals surface area contributed by atoms with Crippen LogP contribution in [0, 0.1) is 0 Å². The van der Waals surface area contributed by atoms with Gasteiger partial charge in [0, 0.05) is 5.56 Å². The van der Waals surface area contributed by atoms with E-state index in [2.05, 4.69) is 0 Å². The van der Waals surface area contributed by atoms with Crippen LogP contribution in [0.25, 0.3) is 22.8 Å². The highest BCUT2D eigenvalue weighted by atomic mass is 16.5. The Balaban J connectivity index is 2.01. The summed E-state index contributed by atoms with van der Waals surface area (Å²) >= 11 is 0. The Hall–Kier alpha value is -3.80. The van der Waals surface area contributed by atoms with Crippen molar-refractivity contribution >= 4 is 11.8 Å². The molecule has 0 radical (unpaired) electrons. The number of ketones is 1. The van der Waals surface area contributed by atoms with Crippen molar-refractivity contribution in [2.45, 2.75) is 6.92 Å². The number of furan rings is 3. The van der Waals surface area contributed by atoms with Crippen molar-refractivity contribution in [2.24, 2.45) is 0 Å². The number of ether oxygens (including phenoxy) is 1. The summed E-state index contributed by atoms with van der Waals surface area (Å²) < 4.78 is 21.9. The monoisotopic (exact) mass is 376 g/mol. The number of benzene rings is 1. The highest BCUT2D eigenvalue weighted by Gasteiger charge is 2.34. The number of carbonyl (C=O) groups is 2. The first kappa shape index (κ1) is 17.6. The van der Waals surface area contributed by atoms with Crippen LogP contribution in [0.15, 0.2) is 80.4 Å². The second kappa shape index (κ2) is 7.44. The SMILES string of the molecule is CCOC(=O)c1c(-c2ccccc2)oc(-c2ccco2)c1C(=O)c1ccco1. The lowest BCUT2D eigenvalue weighted by molar-refractivity contribution is 0.0524. The average molecular weight is 376 g/mol. The molecule has 3 aromatic heterocycles. The Morgan fingerprint density at radius 2 is 1.61 bits per heavy atom. The Bertz CT molecular complexity index is 1090. The van der Waals surface area contributed by atoms with Crippen molar-refractivity contribution in [3.63, 3.8) is 0 Å². The minimum absolute atomic E-state index is 0.0425. The first-order chi connectivity index (χ1) is 13.7. The molecule has 0 amide bonds. The molecule has 0 unspecified atom stereocenters. The lowest BCUT2D eigenvalue weighted by atomic mass is 9.99. The average Bonchev–Trinajstić information content (AvgIpc) is 3.48. The molecule has 28 heavy (non-hydrogen) atoms. The van der Waals surface area contributed by atoms with E-state index in [4.69, 9.17) is 18.0 Å². The predicted octanol–water partition coefficient (Wildman–Crippen LogP) is 5.21. The molecule has 140 valence electrons. The van der Waals surface area contributed by atoms with Gasteiger partial charge in [0.2, 0.25) is 5.78 Å². The zero-order chi connectivity index (χ0) is 19.5.